The molecule has 0 radical (unpaired) electrons. The van der Waals surface area contributed by atoms with Crippen LogP contribution in [-0.2, 0) is 9.53 Å². The van der Waals surface area contributed by atoms with Gasteiger partial charge in [-0.15, -0.1) is 0 Å². The lowest BCUT2D eigenvalue weighted by Crippen LogP contribution is -2.39. The number of nitrogens with one attached hydrogen (secondary N) is 1. The molecule has 1 aromatic heterocycles. The van der Waals surface area contributed by atoms with Crippen molar-refractivity contribution in [3.8, 4) is 5.75 Å². The maximum atomic E-state index is 13.5. The SMILES string of the molecule is C[C@H](O)CN(CCCCOc1cc2ncnc(Nc3ccc(F)c(Cl)c3)c2cc1[N+](=O)[O-])CC(=O)OC(C)(C)C. The zero-order chi connectivity index (χ0) is 29.4. The van der Waals surface area contributed by atoms with Gasteiger partial charge in [-0.3, -0.25) is 19.8 Å². The van der Waals surface area contributed by atoms with Crippen LogP contribution in [-0.4, -0.2) is 68.8 Å². The number of hydrogen-bond donors (Lipinski definition) is 2. The Bertz CT molecular complexity index is 1350. The zero-order valence-electron chi connectivity index (χ0n) is 22.8. The second kappa shape index (κ2) is 13.6. The number of esters is 1. The Morgan fingerprint density at radius 3 is 2.65 bits per heavy atom. The van der Waals surface area contributed by atoms with Gasteiger partial charge in [-0.2, -0.15) is 0 Å². The molecule has 1 heterocycles. The van der Waals surface area contributed by atoms with Crippen molar-refractivity contribution in [2.24, 2.45) is 0 Å². The van der Waals surface area contributed by atoms with Crippen LogP contribution in [0.2, 0.25) is 5.02 Å². The van der Waals surface area contributed by atoms with Crippen LogP contribution in [0.3, 0.4) is 0 Å². The lowest BCUT2D eigenvalue weighted by molar-refractivity contribution is -0.385. The molecule has 0 unspecified atom stereocenters. The number of anilines is 2. The Morgan fingerprint density at radius 1 is 1.25 bits per heavy atom. The van der Waals surface area contributed by atoms with E-state index in [1.54, 1.807) is 32.6 Å². The summed E-state index contributed by atoms with van der Waals surface area (Å²) in [5.74, 6) is -0.613. The molecule has 0 saturated heterocycles. The number of aliphatic hydroxyl groups is 1. The van der Waals surface area contributed by atoms with Crippen LogP contribution < -0.4 is 10.1 Å². The minimum Gasteiger partial charge on any atom is -0.487 e. The molecule has 0 saturated carbocycles. The topological polar surface area (TPSA) is 140 Å². The number of hydrogen-bond acceptors (Lipinski definition) is 10. The third-order valence-corrected chi connectivity index (χ3v) is 5.81. The number of carbonyl (C=O) groups excluding carboxylic acids is 1. The molecule has 3 rings (SSSR count). The molecule has 11 nitrogen and oxygen atoms in total. The van der Waals surface area contributed by atoms with Gasteiger partial charge in [-0.25, -0.2) is 14.4 Å². The number of benzene rings is 2. The molecule has 0 fully saturated rings. The van der Waals surface area contributed by atoms with Gasteiger partial charge in [0.1, 0.15) is 23.6 Å². The summed E-state index contributed by atoms with van der Waals surface area (Å²) in [7, 11) is 0. The summed E-state index contributed by atoms with van der Waals surface area (Å²) in [6.45, 7) is 8.04. The predicted octanol–water partition coefficient (Wildman–Crippen LogP) is 5.26. The van der Waals surface area contributed by atoms with Crippen molar-refractivity contribution in [1.82, 2.24) is 14.9 Å². The van der Waals surface area contributed by atoms with Crippen LogP contribution in [0.5, 0.6) is 5.75 Å². The second-order valence-corrected chi connectivity index (χ2v) is 10.7. The number of aliphatic hydroxyl groups excluding tert-OH is 1. The van der Waals surface area contributed by atoms with E-state index in [9.17, 15) is 24.4 Å². The van der Waals surface area contributed by atoms with Crippen molar-refractivity contribution < 1.29 is 28.7 Å². The zero-order valence-corrected chi connectivity index (χ0v) is 23.6. The molecule has 2 aromatic carbocycles. The van der Waals surface area contributed by atoms with Crippen LogP contribution in [0.25, 0.3) is 10.9 Å². The van der Waals surface area contributed by atoms with E-state index in [0.29, 0.717) is 42.5 Å². The number of halogens is 2. The summed E-state index contributed by atoms with van der Waals surface area (Å²) in [6, 6.07) is 6.84. The first-order chi connectivity index (χ1) is 18.8. The van der Waals surface area contributed by atoms with E-state index in [0.717, 1.165) is 0 Å². The highest BCUT2D eigenvalue weighted by Gasteiger charge is 2.21. The summed E-state index contributed by atoms with van der Waals surface area (Å²) in [5, 5.41) is 24.9. The number of fused-ring (bicyclic) bond motifs is 1. The molecule has 3 aromatic rings. The first-order valence-electron chi connectivity index (χ1n) is 12.7. The predicted molar refractivity (Wildman–Crippen MR) is 150 cm³/mol. The Balaban J connectivity index is 1.66. The molecule has 0 aliphatic rings. The van der Waals surface area contributed by atoms with Crippen molar-refractivity contribution in [1.29, 1.82) is 0 Å². The number of nitro groups is 1. The van der Waals surface area contributed by atoms with Gasteiger partial charge in [-0.05, 0) is 65.3 Å². The van der Waals surface area contributed by atoms with Gasteiger partial charge in [0.05, 0.1) is 40.1 Å². The standard InChI is InChI=1S/C27H33ClFN5O6/c1-17(35)14-33(15-25(36)40-27(2,3)4)9-5-6-10-39-24-13-22-19(12-23(24)34(37)38)26(31-16-30-22)32-18-7-8-21(29)20(28)11-18/h7-8,11-13,16-17,35H,5-6,9-10,14-15H2,1-4H3,(H,30,31,32)/t17-/m0/s1. The molecule has 0 bridgehead atoms. The molecular formula is C27H33ClFN5O6. The van der Waals surface area contributed by atoms with Gasteiger partial charge in [0.2, 0.25) is 0 Å². The van der Waals surface area contributed by atoms with E-state index in [2.05, 4.69) is 15.3 Å². The number of rotatable bonds is 13. The van der Waals surface area contributed by atoms with Crippen molar-refractivity contribution in [2.75, 3.05) is 31.6 Å². The molecule has 0 aliphatic carbocycles. The molecule has 2 N–H and O–H groups in total. The summed E-state index contributed by atoms with van der Waals surface area (Å²) in [4.78, 5) is 33.7. The van der Waals surface area contributed by atoms with E-state index < -0.39 is 22.4 Å². The summed E-state index contributed by atoms with van der Waals surface area (Å²) in [6.07, 6.45) is 1.84. The highest BCUT2D eigenvalue weighted by Crippen LogP contribution is 2.35. The first-order valence-corrected chi connectivity index (χ1v) is 13.1. The van der Waals surface area contributed by atoms with Crippen molar-refractivity contribution in [3.63, 3.8) is 0 Å². The van der Waals surface area contributed by atoms with Crippen molar-refractivity contribution in [2.45, 2.75) is 52.2 Å². The minimum absolute atomic E-state index is 0.0410. The molecule has 0 amide bonds. The van der Waals surface area contributed by atoms with Gasteiger partial charge in [0, 0.05) is 24.4 Å². The largest absolute Gasteiger partial charge is 0.487 e. The Morgan fingerprint density at radius 2 is 2.00 bits per heavy atom. The van der Waals surface area contributed by atoms with E-state index in [1.807, 2.05) is 0 Å². The van der Waals surface area contributed by atoms with E-state index in [-0.39, 0.29) is 41.4 Å². The van der Waals surface area contributed by atoms with Crippen LogP contribution >= 0.6 is 11.6 Å². The quantitative estimate of drug-likeness (QED) is 0.120. The average molecular weight is 578 g/mol. The fourth-order valence-electron chi connectivity index (χ4n) is 3.93. The maximum absolute atomic E-state index is 13.5. The number of ether oxygens (including phenoxy) is 2. The molecule has 0 aliphatic heterocycles. The molecule has 13 heteroatoms. The lowest BCUT2D eigenvalue weighted by Gasteiger charge is -2.25. The third-order valence-electron chi connectivity index (χ3n) is 5.52. The lowest BCUT2D eigenvalue weighted by atomic mass is 10.2. The average Bonchev–Trinajstić information content (AvgIpc) is 2.84. The molecule has 40 heavy (non-hydrogen) atoms. The van der Waals surface area contributed by atoms with Gasteiger partial charge in [0.25, 0.3) is 0 Å². The Labute approximate surface area is 236 Å². The molecule has 0 spiro atoms. The van der Waals surface area contributed by atoms with Gasteiger partial charge < -0.3 is 19.9 Å². The number of nitro benzene ring substituents is 1. The minimum atomic E-state index is -0.625. The van der Waals surface area contributed by atoms with Crippen molar-refractivity contribution in [3.05, 3.63) is 57.6 Å². The maximum Gasteiger partial charge on any atom is 0.320 e. The fraction of sp³-hybridized carbons (Fsp3) is 0.444. The number of aromatic nitrogens is 2. The van der Waals surface area contributed by atoms with Gasteiger partial charge in [-0.1, -0.05) is 11.6 Å². The smallest absolute Gasteiger partial charge is 0.320 e. The van der Waals surface area contributed by atoms with E-state index in [1.165, 1.54) is 36.7 Å². The Kier molecular flexibility index (Phi) is 10.5. The number of carbonyl (C=O) groups is 1. The highest BCUT2D eigenvalue weighted by atomic mass is 35.5. The highest BCUT2D eigenvalue weighted by molar-refractivity contribution is 6.31. The summed E-state index contributed by atoms with van der Waals surface area (Å²) < 4.78 is 24.6. The first kappa shape index (κ1) is 30.9. The summed E-state index contributed by atoms with van der Waals surface area (Å²) in [5.41, 5.74) is -0.00696. The van der Waals surface area contributed by atoms with Crippen LogP contribution in [0.15, 0.2) is 36.7 Å². The van der Waals surface area contributed by atoms with Crippen LogP contribution in [0.4, 0.5) is 21.6 Å². The van der Waals surface area contributed by atoms with E-state index >= 15 is 0 Å². The Hall–Kier alpha value is -3.61. The van der Waals surface area contributed by atoms with Crippen molar-refractivity contribution >= 4 is 45.7 Å². The molecular weight excluding hydrogens is 545 g/mol. The molecule has 1 atom stereocenters. The van der Waals surface area contributed by atoms with Crippen LogP contribution in [0.1, 0.15) is 40.5 Å². The van der Waals surface area contributed by atoms with Crippen LogP contribution in [0, 0.1) is 15.9 Å². The van der Waals surface area contributed by atoms with Gasteiger partial charge in [0.15, 0.2) is 5.75 Å². The second-order valence-electron chi connectivity index (χ2n) is 10.3. The normalized spacial score (nSPS) is 12.4. The van der Waals surface area contributed by atoms with Gasteiger partial charge >= 0.3 is 11.7 Å². The fourth-order valence-corrected chi connectivity index (χ4v) is 4.11. The monoisotopic (exact) mass is 577 g/mol. The summed E-state index contributed by atoms with van der Waals surface area (Å²) >= 11 is 5.85. The number of nitrogens with zero attached hydrogens (tertiary/aromatic N) is 4. The third kappa shape index (κ3) is 9.25. The number of unbranched alkanes of at least 4 members (excludes halogenated alkanes) is 1. The molecule has 216 valence electrons. The van der Waals surface area contributed by atoms with E-state index in [4.69, 9.17) is 21.1 Å².